The monoisotopic (exact) mass is 288 g/mol. The van der Waals surface area contributed by atoms with Crippen LogP contribution < -0.4 is 0 Å². The Hall–Kier alpha value is -0.370. The third-order valence-corrected chi connectivity index (χ3v) is 8.73. The van der Waals surface area contributed by atoms with E-state index in [0.29, 0.717) is 23.2 Å². The topological polar surface area (TPSA) is 29.6 Å². The first kappa shape index (κ1) is 13.1. The second kappa shape index (κ2) is 3.75. The Kier molecular flexibility index (Phi) is 2.34. The number of hydrogen-bond acceptors (Lipinski definition) is 2. The van der Waals surface area contributed by atoms with E-state index in [9.17, 15) is 4.79 Å². The lowest BCUT2D eigenvalue weighted by atomic mass is 9.45. The predicted molar refractivity (Wildman–Crippen MR) is 80.8 cm³/mol. The third kappa shape index (κ3) is 1.33. The van der Waals surface area contributed by atoms with Crippen molar-refractivity contribution < 1.29 is 9.53 Å². The molecule has 5 aliphatic rings. The number of carbonyl (C=O) groups excluding carboxylic acids is 1. The Balaban J connectivity index is 1.55. The number of hydrogen-bond donors (Lipinski definition) is 0. The van der Waals surface area contributed by atoms with Crippen LogP contribution in [0.2, 0.25) is 0 Å². The van der Waals surface area contributed by atoms with Gasteiger partial charge in [-0.05, 0) is 56.3 Å². The molecule has 0 bridgehead atoms. The van der Waals surface area contributed by atoms with E-state index in [1.165, 1.54) is 38.5 Å². The lowest BCUT2D eigenvalue weighted by molar-refractivity contribution is -0.135. The molecular weight excluding hydrogens is 260 g/mol. The number of carbonyl (C=O) groups is 1. The van der Waals surface area contributed by atoms with Gasteiger partial charge in [-0.25, -0.2) is 0 Å². The molecule has 4 aliphatic carbocycles. The van der Waals surface area contributed by atoms with Gasteiger partial charge in [-0.1, -0.05) is 26.7 Å². The minimum absolute atomic E-state index is 0.0150. The smallest absolute Gasteiger partial charge is 0.139 e. The van der Waals surface area contributed by atoms with Crippen molar-refractivity contribution in [1.82, 2.24) is 0 Å². The minimum atomic E-state index is 0.0150. The van der Waals surface area contributed by atoms with E-state index in [0.717, 1.165) is 31.1 Å². The predicted octanol–water partition coefficient (Wildman–Crippen LogP) is 4.12. The molecule has 0 aromatic rings. The highest BCUT2D eigenvalue weighted by Crippen LogP contribution is 2.72. The average molecular weight is 288 g/mol. The number of ketones is 1. The number of Topliss-reactive ketones (excluding diaryl/α,β-unsaturated/α-hetero) is 1. The van der Waals surface area contributed by atoms with Gasteiger partial charge < -0.3 is 4.74 Å². The second-order valence-electron chi connectivity index (χ2n) is 9.15. The van der Waals surface area contributed by atoms with Crippen LogP contribution in [-0.4, -0.2) is 17.5 Å². The standard InChI is InChI=1S/C19H28O2/c1-17-10-7-14-12(13(17)5-6-15(17)20)11-16-19(21-16)9-4-3-8-18(14,19)2/h12-14,16H,3-11H2,1-2H3/t12-,13-,14-,16+,17-,18+,19+/m0/s1. The van der Waals surface area contributed by atoms with Crippen molar-refractivity contribution >= 4 is 5.78 Å². The van der Waals surface area contributed by atoms with E-state index in [1.54, 1.807) is 0 Å². The van der Waals surface area contributed by atoms with Gasteiger partial charge in [-0.15, -0.1) is 0 Å². The molecule has 0 unspecified atom stereocenters. The molecule has 0 radical (unpaired) electrons. The summed E-state index contributed by atoms with van der Waals surface area (Å²) in [5.74, 6) is 2.80. The van der Waals surface area contributed by atoms with Crippen LogP contribution in [0.25, 0.3) is 0 Å². The summed E-state index contributed by atoms with van der Waals surface area (Å²) in [6, 6.07) is 0. The maximum Gasteiger partial charge on any atom is 0.139 e. The fraction of sp³-hybridized carbons (Fsp3) is 0.947. The molecule has 21 heavy (non-hydrogen) atoms. The third-order valence-electron chi connectivity index (χ3n) is 8.73. The minimum Gasteiger partial charge on any atom is -0.365 e. The Morgan fingerprint density at radius 3 is 2.71 bits per heavy atom. The summed E-state index contributed by atoms with van der Waals surface area (Å²) >= 11 is 0. The molecule has 5 fully saturated rings. The Labute approximate surface area is 128 Å². The molecule has 1 saturated heterocycles. The highest BCUT2D eigenvalue weighted by atomic mass is 16.6. The van der Waals surface area contributed by atoms with Crippen molar-refractivity contribution in [2.75, 3.05) is 0 Å². The zero-order valence-electron chi connectivity index (χ0n) is 13.5. The van der Waals surface area contributed by atoms with E-state index in [4.69, 9.17) is 4.74 Å². The molecule has 1 heterocycles. The Bertz CT molecular complexity index is 514. The average Bonchev–Trinajstić information content (AvgIpc) is 3.08. The molecule has 0 N–H and O–H groups in total. The molecule has 5 rings (SSSR count). The molecule has 0 aromatic carbocycles. The molecule has 7 atom stereocenters. The SMILES string of the molecule is C[C@]12CC[C@H]3[C@@H](C[C@H]4O[C@]45CCCC[C@]35C)[C@@H]1CCC2=O. The van der Waals surface area contributed by atoms with Crippen molar-refractivity contribution in [3.8, 4) is 0 Å². The first-order chi connectivity index (χ1) is 10.0. The van der Waals surface area contributed by atoms with Crippen LogP contribution in [0.1, 0.15) is 71.6 Å². The van der Waals surface area contributed by atoms with Crippen molar-refractivity contribution in [2.45, 2.75) is 83.3 Å². The molecule has 0 amide bonds. The van der Waals surface area contributed by atoms with Crippen molar-refractivity contribution in [2.24, 2.45) is 28.6 Å². The molecule has 2 heteroatoms. The van der Waals surface area contributed by atoms with Gasteiger partial charge in [-0.3, -0.25) is 4.79 Å². The van der Waals surface area contributed by atoms with Crippen LogP contribution in [0.5, 0.6) is 0 Å². The molecule has 116 valence electrons. The summed E-state index contributed by atoms with van der Waals surface area (Å²) in [6.07, 6.45) is 11.6. The lowest BCUT2D eigenvalue weighted by Gasteiger charge is -2.57. The number of rotatable bonds is 0. The second-order valence-corrected chi connectivity index (χ2v) is 9.15. The maximum absolute atomic E-state index is 12.4. The van der Waals surface area contributed by atoms with Gasteiger partial charge in [0.15, 0.2) is 0 Å². The normalized spacial score (nSPS) is 61.5. The van der Waals surface area contributed by atoms with Crippen LogP contribution in [0.15, 0.2) is 0 Å². The molecule has 1 spiro atoms. The van der Waals surface area contributed by atoms with E-state index in [2.05, 4.69) is 13.8 Å². The van der Waals surface area contributed by atoms with Crippen LogP contribution in [0, 0.1) is 28.6 Å². The van der Waals surface area contributed by atoms with Gasteiger partial charge in [0.1, 0.15) is 11.4 Å². The first-order valence-corrected chi connectivity index (χ1v) is 9.22. The van der Waals surface area contributed by atoms with Crippen molar-refractivity contribution in [1.29, 1.82) is 0 Å². The molecular formula is C19H28O2. The molecule has 0 aromatic heterocycles. The zero-order chi connectivity index (χ0) is 14.5. The summed E-state index contributed by atoms with van der Waals surface area (Å²) in [5, 5.41) is 0. The molecule has 1 aliphatic heterocycles. The summed E-state index contributed by atoms with van der Waals surface area (Å²) < 4.78 is 6.39. The summed E-state index contributed by atoms with van der Waals surface area (Å²) in [4.78, 5) is 12.4. The van der Waals surface area contributed by atoms with Crippen LogP contribution in [-0.2, 0) is 9.53 Å². The van der Waals surface area contributed by atoms with Gasteiger partial charge in [0, 0.05) is 17.3 Å². The maximum atomic E-state index is 12.4. The number of ether oxygens (including phenoxy) is 1. The summed E-state index contributed by atoms with van der Waals surface area (Å²) in [6.45, 7) is 4.82. The largest absolute Gasteiger partial charge is 0.365 e. The quantitative estimate of drug-likeness (QED) is 0.628. The summed E-state index contributed by atoms with van der Waals surface area (Å²) in [5.41, 5.74) is 0.676. The van der Waals surface area contributed by atoms with Crippen LogP contribution in [0.4, 0.5) is 0 Å². The Morgan fingerprint density at radius 1 is 1.05 bits per heavy atom. The van der Waals surface area contributed by atoms with Crippen molar-refractivity contribution in [3.63, 3.8) is 0 Å². The highest BCUT2D eigenvalue weighted by molar-refractivity contribution is 5.87. The van der Waals surface area contributed by atoms with E-state index in [1.807, 2.05) is 0 Å². The number of epoxide rings is 1. The van der Waals surface area contributed by atoms with E-state index in [-0.39, 0.29) is 11.0 Å². The molecule has 4 saturated carbocycles. The first-order valence-electron chi connectivity index (χ1n) is 9.22. The van der Waals surface area contributed by atoms with Crippen LogP contribution in [0.3, 0.4) is 0 Å². The van der Waals surface area contributed by atoms with Gasteiger partial charge in [0.25, 0.3) is 0 Å². The van der Waals surface area contributed by atoms with E-state index < -0.39 is 0 Å². The zero-order valence-corrected chi connectivity index (χ0v) is 13.5. The molecule has 2 nitrogen and oxygen atoms in total. The highest BCUT2D eigenvalue weighted by Gasteiger charge is 2.75. The van der Waals surface area contributed by atoms with Gasteiger partial charge >= 0.3 is 0 Å². The Morgan fingerprint density at radius 2 is 1.86 bits per heavy atom. The van der Waals surface area contributed by atoms with Gasteiger partial charge in [0.05, 0.1) is 6.10 Å². The number of fused-ring (bicyclic) bond motifs is 4. The van der Waals surface area contributed by atoms with E-state index >= 15 is 0 Å². The van der Waals surface area contributed by atoms with Gasteiger partial charge in [-0.2, -0.15) is 0 Å². The fourth-order valence-electron chi connectivity index (χ4n) is 7.48. The van der Waals surface area contributed by atoms with Gasteiger partial charge in [0.2, 0.25) is 0 Å². The lowest BCUT2D eigenvalue weighted by Crippen LogP contribution is -2.57. The summed E-state index contributed by atoms with van der Waals surface area (Å²) in [7, 11) is 0. The van der Waals surface area contributed by atoms with Crippen molar-refractivity contribution in [3.05, 3.63) is 0 Å². The fourth-order valence-corrected chi connectivity index (χ4v) is 7.48. The van der Waals surface area contributed by atoms with Crippen LogP contribution >= 0.6 is 0 Å².